The zero-order valence-electron chi connectivity index (χ0n) is 14.1. The van der Waals surface area contributed by atoms with Crippen molar-refractivity contribution in [3.05, 3.63) is 29.8 Å². The van der Waals surface area contributed by atoms with E-state index < -0.39 is 0 Å². The minimum absolute atomic E-state index is 0. The van der Waals surface area contributed by atoms with Gasteiger partial charge in [0.15, 0.2) is 5.96 Å². The second kappa shape index (κ2) is 14.5. The van der Waals surface area contributed by atoms with Crippen LogP contribution in [0.1, 0.15) is 12.5 Å². The van der Waals surface area contributed by atoms with Crippen LogP contribution in [0, 0.1) is 0 Å². The summed E-state index contributed by atoms with van der Waals surface area (Å²) in [6.07, 6.45) is 0. The SMILES string of the molecule is CCNC(=NCc1ccc(OCCOC)cc1)NCCOC.I. The summed E-state index contributed by atoms with van der Waals surface area (Å²) in [6, 6.07) is 7.94. The molecule has 0 spiro atoms. The number of nitrogens with zero attached hydrogens (tertiary/aromatic N) is 1. The van der Waals surface area contributed by atoms with Crippen LogP contribution in [0.2, 0.25) is 0 Å². The summed E-state index contributed by atoms with van der Waals surface area (Å²) in [5.41, 5.74) is 1.13. The third-order valence-corrected chi connectivity index (χ3v) is 2.84. The number of nitrogens with one attached hydrogen (secondary N) is 2. The van der Waals surface area contributed by atoms with Crippen LogP contribution in [0.25, 0.3) is 0 Å². The van der Waals surface area contributed by atoms with Crippen molar-refractivity contribution in [2.75, 3.05) is 47.1 Å². The van der Waals surface area contributed by atoms with Gasteiger partial charge in [-0.25, -0.2) is 4.99 Å². The fourth-order valence-corrected chi connectivity index (χ4v) is 1.72. The Morgan fingerprint density at radius 3 is 2.30 bits per heavy atom. The van der Waals surface area contributed by atoms with E-state index in [1.165, 1.54) is 0 Å². The Balaban J connectivity index is 0.00000484. The third-order valence-electron chi connectivity index (χ3n) is 2.84. The van der Waals surface area contributed by atoms with Gasteiger partial charge < -0.3 is 24.8 Å². The minimum Gasteiger partial charge on any atom is -0.491 e. The van der Waals surface area contributed by atoms with Crippen molar-refractivity contribution in [2.24, 2.45) is 4.99 Å². The van der Waals surface area contributed by atoms with E-state index in [0.717, 1.165) is 30.4 Å². The molecule has 0 heterocycles. The quantitative estimate of drug-likeness (QED) is 0.254. The summed E-state index contributed by atoms with van der Waals surface area (Å²) in [5, 5.41) is 6.42. The highest BCUT2D eigenvalue weighted by Crippen LogP contribution is 2.12. The Hall–Kier alpha value is -1.06. The van der Waals surface area contributed by atoms with Gasteiger partial charge in [0.1, 0.15) is 12.4 Å². The van der Waals surface area contributed by atoms with E-state index in [-0.39, 0.29) is 24.0 Å². The molecule has 0 aliphatic rings. The number of methoxy groups -OCH3 is 2. The molecule has 0 bridgehead atoms. The van der Waals surface area contributed by atoms with Crippen molar-refractivity contribution < 1.29 is 14.2 Å². The first-order chi connectivity index (χ1) is 10.8. The van der Waals surface area contributed by atoms with Gasteiger partial charge in [-0.3, -0.25) is 0 Å². The monoisotopic (exact) mass is 437 g/mol. The van der Waals surface area contributed by atoms with Crippen LogP contribution in [0.4, 0.5) is 0 Å². The van der Waals surface area contributed by atoms with Crippen molar-refractivity contribution in [1.29, 1.82) is 0 Å². The van der Waals surface area contributed by atoms with Crippen molar-refractivity contribution in [3.63, 3.8) is 0 Å². The summed E-state index contributed by atoms with van der Waals surface area (Å²) in [4.78, 5) is 4.54. The molecule has 0 radical (unpaired) electrons. The second-order valence-corrected chi connectivity index (χ2v) is 4.60. The molecule has 0 unspecified atom stereocenters. The Bertz CT molecular complexity index is 427. The number of ether oxygens (including phenoxy) is 3. The lowest BCUT2D eigenvalue weighted by molar-refractivity contribution is 0.146. The maximum absolute atomic E-state index is 5.53. The number of hydrogen-bond donors (Lipinski definition) is 2. The van der Waals surface area contributed by atoms with Crippen molar-refractivity contribution in [1.82, 2.24) is 10.6 Å². The molecule has 1 aromatic rings. The molecule has 0 atom stereocenters. The molecule has 0 amide bonds. The molecular weight excluding hydrogens is 409 g/mol. The van der Waals surface area contributed by atoms with Crippen LogP contribution in [0.15, 0.2) is 29.3 Å². The predicted molar refractivity (Wildman–Crippen MR) is 104 cm³/mol. The molecule has 0 fully saturated rings. The molecule has 0 aliphatic heterocycles. The lowest BCUT2D eigenvalue weighted by Crippen LogP contribution is -2.38. The van der Waals surface area contributed by atoms with E-state index in [0.29, 0.717) is 26.4 Å². The van der Waals surface area contributed by atoms with E-state index in [4.69, 9.17) is 14.2 Å². The Labute approximate surface area is 156 Å². The molecule has 0 aliphatic carbocycles. The molecule has 1 aromatic carbocycles. The molecular formula is C16H28IN3O3. The first-order valence-corrected chi connectivity index (χ1v) is 7.52. The Morgan fingerprint density at radius 2 is 1.70 bits per heavy atom. The topological polar surface area (TPSA) is 64.1 Å². The molecule has 1 rings (SSSR count). The van der Waals surface area contributed by atoms with Crippen LogP contribution in [-0.2, 0) is 16.0 Å². The maximum atomic E-state index is 5.53. The van der Waals surface area contributed by atoms with Crippen LogP contribution in [0.5, 0.6) is 5.75 Å². The lowest BCUT2D eigenvalue weighted by Gasteiger charge is -2.11. The molecule has 23 heavy (non-hydrogen) atoms. The number of benzene rings is 1. The van der Waals surface area contributed by atoms with E-state index >= 15 is 0 Å². The summed E-state index contributed by atoms with van der Waals surface area (Å²) < 4.78 is 15.5. The number of rotatable bonds is 10. The predicted octanol–water partition coefficient (Wildman–Crippen LogP) is 2.03. The molecule has 2 N–H and O–H groups in total. The smallest absolute Gasteiger partial charge is 0.191 e. The van der Waals surface area contributed by atoms with Crippen molar-refractivity contribution in [3.8, 4) is 5.75 Å². The summed E-state index contributed by atoms with van der Waals surface area (Å²) in [7, 11) is 3.34. The molecule has 132 valence electrons. The molecule has 0 saturated carbocycles. The van der Waals surface area contributed by atoms with Gasteiger partial charge in [-0.2, -0.15) is 0 Å². The van der Waals surface area contributed by atoms with Crippen LogP contribution < -0.4 is 15.4 Å². The molecule has 0 aromatic heterocycles. The number of halogens is 1. The third kappa shape index (κ3) is 10.4. The van der Waals surface area contributed by atoms with Gasteiger partial charge in [0.25, 0.3) is 0 Å². The van der Waals surface area contributed by atoms with Gasteiger partial charge in [-0.1, -0.05) is 12.1 Å². The van der Waals surface area contributed by atoms with Gasteiger partial charge in [0, 0.05) is 27.3 Å². The first-order valence-electron chi connectivity index (χ1n) is 7.52. The van der Waals surface area contributed by atoms with Crippen LogP contribution in [0.3, 0.4) is 0 Å². The van der Waals surface area contributed by atoms with Gasteiger partial charge in [0.2, 0.25) is 0 Å². The number of guanidine groups is 1. The maximum Gasteiger partial charge on any atom is 0.191 e. The molecule has 0 saturated heterocycles. The normalized spacial score (nSPS) is 10.8. The average molecular weight is 437 g/mol. The van der Waals surface area contributed by atoms with Gasteiger partial charge in [0.05, 0.1) is 19.8 Å². The first kappa shape index (κ1) is 21.9. The number of aliphatic imine (C=N–C) groups is 1. The fourth-order valence-electron chi connectivity index (χ4n) is 1.72. The lowest BCUT2D eigenvalue weighted by atomic mass is 10.2. The zero-order valence-corrected chi connectivity index (χ0v) is 16.5. The van der Waals surface area contributed by atoms with E-state index in [1.54, 1.807) is 14.2 Å². The highest BCUT2D eigenvalue weighted by molar-refractivity contribution is 14.0. The average Bonchev–Trinajstić information content (AvgIpc) is 2.54. The highest BCUT2D eigenvalue weighted by atomic mass is 127. The van der Waals surface area contributed by atoms with Gasteiger partial charge in [-0.05, 0) is 24.6 Å². The summed E-state index contributed by atoms with van der Waals surface area (Å²) >= 11 is 0. The summed E-state index contributed by atoms with van der Waals surface area (Å²) in [6.45, 7) is 6.01. The molecule has 6 nitrogen and oxygen atoms in total. The standard InChI is InChI=1S/C16H27N3O3.HI/c1-4-17-16(18-9-10-20-2)19-13-14-5-7-15(8-6-14)22-12-11-21-3;/h5-8H,4,9-13H2,1-3H3,(H2,17,18,19);1H. The largest absolute Gasteiger partial charge is 0.491 e. The minimum atomic E-state index is 0. The zero-order chi connectivity index (χ0) is 16.0. The van der Waals surface area contributed by atoms with E-state index in [9.17, 15) is 0 Å². The van der Waals surface area contributed by atoms with Crippen LogP contribution in [-0.4, -0.2) is 53.1 Å². The van der Waals surface area contributed by atoms with Crippen molar-refractivity contribution >= 4 is 29.9 Å². The highest BCUT2D eigenvalue weighted by Gasteiger charge is 1.98. The van der Waals surface area contributed by atoms with E-state index in [1.807, 2.05) is 31.2 Å². The van der Waals surface area contributed by atoms with E-state index in [2.05, 4.69) is 15.6 Å². The van der Waals surface area contributed by atoms with Gasteiger partial charge in [-0.15, -0.1) is 24.0 Å². The fraction of sp³-hybridized carbons (Fsp3) is 0.562. The van der Waals surface area contributed by atoms with Crippen LogP contribution >= 0.6 is 24.0 Å². The van der Waals surface area contributed by atoms with Crippen molar-refractivity contribution in [2.45, 2.75) is 13.5 Å². The molecule has 7 heteroatoms. The second-order valence-electron chi connectivity index (χ2n) is 4.60. The number of hydrogen-bond acceptors (Lipinski definition) is 4. The summed E-state index contributed by atoms with van der Waals surface area (Å²) in [5.74, 6) is 1.63. The Kier molecular flexibility index (Phi) is 13.9. The van der Waals surface area contributed by atoms with Gasteiger partial charge >= 0.3 is 0 Å². The Morgan fingerprint density at radius 1 is 1.00 bits per heavy atom.